The van der Waals surface area contributed by atoms with Crippen LogP contribution >= 0.6 is 11.3 Å². The summed E-state index contributed by atoms with van der Waals surface area (Å²) in [6.45, 7) is 2.29. The molecule has 1 atom stereocenters. The molecule has 0 aliphatic heterocycles. The van der Waals surface area contributed by atoms with Gasteiger partial charge in [-0.3, -0.25) is 4.79 Å². The number of carbonyl (C=O) groups is 1. The first-order valence-corrected chi connectivity index (χ1v) is 6.12. The zero-order valence-corrected chi connectivity index (χ0v) is 9.51. The fraction of sp³-hybridized carbons (Fsp3) is 0.545. The minimum absolute atomic E-state index is 0.0755. The molecular weight excluding hydrogens is 210 g/mol. The van der Waals surface area contributed by atoms with E-state index in [1.165, 1.54) is 11.3 Å². The molecular formula is C11H15NO2S. The Kier molecular flexibility index (Phi) is 3.07. The SMILES string of the molecule is Cc1cscc1C(=O)NCC(O)C1CC1. The molecule has 1 aliphatic rings. The van der Waals surface area contributed by atoms with Gasteiger partial charge in [0, 0.05) is 11.9 Å². The molecule has 4 heteroatoms. The lowest BCUT2D eigenvalue weighted by Crippen LogP contribution is -2.33. The molecule has 1 unspecified atom stereocenters. The van der Waals surface area contributed by atoms with Gasteiger partial charge in [0.15, 0.2) is 0 Å². The Labute approximate surface area is 93.1 Å². The van der Waals surface area contributed by atoms with E-state index in [2.05, 4.69) is 5.32 Å². The fourth-order valence-electron chi connectivity index (χ4n) is 1.53. The molecule has 1 amide bonds. The molecule has 0 bridgehead atoms. The van der Waals surface area contributed by atoms with E-state index >= 15 is 0 Å². The largest absolute Gasteiger partial charge is 0.391 e. The molecule has 1 saturated carbocycles. The molecule has 0 saturated heterocycles. The van der Waals surface area contributed by atoms with Crippen molar-refractivity contribution in [2.75, 3.05) is 6.54 Å². The van der Waals surface area contributed by atoms with Crippen molar-refractivity contribution in [1.82, 2.24) is 5.32 Å². The molecule has 1 aliphatic carbocycles. The summed E-state index contributed by atoms with van der Waals surface area (Å²) in [6.07, 6.45) is 1.82. The van der Waals surface area contributed by atoms with Gasteiger partial charge < -0.3 is 10.4 Å². The van der Waals surface area contributed by atoms with Gasteiger partial charge in [0.05, 0.1) is 11.7 Å². The molecule has 3 nitrogen and oxygen atoms in total. The average Bonchev–Trinajstić information content (AvgIpc) is 2.98. The topological polar surface area (TPSA) is 49.3 Å². The van der Waals surface area contributed by atoms with Crippen molar-refractivity contribution in [3.05, 3.63) is 21.9 Å². The molecule has 1 heterocycles. The molecule has 2 N–H and O–H groups in total. The third kappa shape index (κ3) is 2.58. The highest BCUT2D eigenvalue weighted by Gasteiger charge is 2.29. The summed E-state index contributed by atoms with van der Waals surface area (Å²) in [6, 6.07) is 0. The molecule has 0 radical (unpaired) electrons. The number of aliphatic hydroxyl groups excluding tert-OH is 1. The predicted molar refractivity (Wildman–Crippen MR) is 60.1 cm³/mol. The zero-order chi connectivity index (χ0) is 10.8. The molecule has 15 heavy (non-hydrogen) atoms. The van der Waals surface area contributed by atoms with Crippen LogP contribution in [0.15, 0.2) is 10.8 Å². The van der Waals surface area contributed by atoms with Crippen LogP contribution in [-0.2, 0) is 0 Å². The van der Waals surface area contributed by atoms with Crippen LogP contribution in [0.1, 0.15) is 28.8 Å². The molecule has 1 fully saturated rings. The van der Waals surface area contributed by atoms with Gasteiger partial charge in [-0.2, -0.15) is 11.3 Å². The standard InChI is InChI=1S/C11H15NO2S/c1-7-5-15-6-9(7)11(14)12-4-10(13)8-2-3-8/h5-6,8,10,13H,2-4H2,1H3,(H,12,14). The Morgan fingerprint density at radius 2 is 2.40 bits per heavy atom. The minimum atomic E-state index is -0.368. The minimum Gasteiger partial charge on any atom is -0.391 e. The van der Waals surface area contributed by atoms with Crippen LogP contribution < -0.4 is 5.32 Å². The van der Waals surface area contributed by atoms with Gasteiger partial charge in [-0.25, -0.2) is 0 Å². The average molecular weight is 225 g/mol. The van der Waals surface area contributed by atoms with Crippen LogP contribution in [0.2, 0.25) is 0 Å². The first-order chi connectivity index (χ1) is 7.18. The lowest BCUT2D eigenvalue weighted by Gasteiger charge is -2.10. The van der Waals surface area contributed by atoms with Crippen molar-refractivity contribution in [2.45, 2.75) is 25.9 Å². The fourth-order valence-corrected chi connectivity index (χ4v) is 2.36. The maximum absolute atomic E-state index is 11.7. The number of nitrogens with one attached hydrogen (secondary N) is 1. The van der Waals surface area contributed by atoms with E-state index in [1.807, 2.05) is 17.7 Å². The first-order valence-electron chi connectivity index (χ1n) is 5.17. The molecule has 0 aromatic carbocycles. The normalized spacial score (nSPS) is 17.5. The van der Waals surface area contributed by atoms with E-state index in [1.54, 1.807) is 0 Å². The monoisotopic (exact) mass is 225 g/mol. The van der Waals surface area contributed by atoms with E-state index in [-0.39, 0.29) is 12.0 Å². The van der Waals surface area contributed by atoms with Gasteiger partial charge in [-0.15, -0.1) is 0 Å². The zero-order valence-electron chi connectivity index (χ0n) is 8.69. The van der Waals surface area contributed by atoms with Gasteiger partial charge in [0.25, 0.3) is 5.91 Å². The quantitative estimate of drug-likeness (QED) is 0.817. The Balaban J connectivity index is 1.84. The predicted octanol–water partition coefficient (Wildman–Crippen LogP) is 1.56. The molecule has 2 rings (SSSR count). The highest BCUT2D eigenvalue weighted by atomic mass is 32.1. The highest BCUT2D eigenvalue weighted by Crippen LogP contribution is 2.32. The van der Waals surface area contributed by atoms with Crippen molar-refractivity contribution in [3.63, 3.8) is 0 Å². The Morgan fingerprint density at radius 3 is 2.93 bits per heavy atom. The molecule has 1 aromatic rings. The van der Waals surface area contributed by atoms with Gasteiger partial charge in [-0.05, 0) is 36.6 Å². The number of hydrogen-bond acceptors (Lipinski definition) is 3. The second-order valence-corrected chi connectivity index (χ2v) is 4.83. The van der Waals surface area contributed by atoms with Crippen LogP contribution in [0.25, 0.3) is 0 Å². The van der Waals surface area contributed by atoms with E-state index in [4.69, 9.17) is 0 Å². The number of carbonyl (C=O) groups excluding carboxylic acids is 1. The van der Waals surface area contributed by atoms with E-state index in [0.29, 0.717) is 12.5 Å². The van der Waals surface area contributed by atoms with E-state index < -0.39 is 0 Å². The number of hydrogen-bond donors (Lipinski definition) is 2. The van der Waals surface area contributed by atoms with Crippen LogP contribution in [-0.4, -0.2) is 23.7 Å². The van der Waals surface area contributed by atoms with Crippen molar-refractivity contribution >= 4 is 17.2 Å². The number of amides is 1. The second-order valence-electron chi connectivity index (χ2n) is 4.08. The Bertz CT molecular complexity index is 357. The summed E-state index contributed by atoms with van der Waals surface area (Å²) in [5.74, 6) is 0.335. The maximum Gasteiger partial charge on any atom is 0.252 e. The van der Waals surface area contributed by atoms with Crippen LogP contribution in [0.4, 0.5) is 0 Å². The van der Waals surface area contributed by atoms with Gasteiger partial charge in [-0.1, -0.05) is 0 Å². The molecule has 0 spiro atoms. The first kappa shape index (κ1) is 10.6. The number of rotatable bonds is 4. The number of thiophene rings is 1. The van der Waals surface area contributed by atoms with Gasteiger partial charge >= 0.3 is 0 Å². The summed E-state index contributed by atoms with van der Waals surface area (Å²) in [5.41, 5.74) is 1.72. The van der Waals surface area contributed by atoms with Crippen molar-refractivity contribution in [3.8, 4) is 0 Å². The summed E-state index contributed by atoms with van der Waals surface area (Å²) in [5, 5.41) is 16.1. The number of aliphatic hydroxyl groups is 1. The highest BCUT2D eigenvalue weighted by molar-refractivity contribution is 7.08. The van der Waals surface area contributed by atoms with Crippen molar-refractivity contribution in [2.24, 2.45) is 5.92 Å². The Hall–Kier alpha value is -0.870. The maximum atomic E-state index is 11.7. The van der Waals surface area contributed by atoms with Crippen LogP contribution in [0, 0.1) is 12.8 Å². The second kappa shape index (κ2) is 4.33. The van der Waals surface area contributed by atoms with Crippen LogP contribution in [0.3, 0.4) is 0 Å². The van der Waals surface area contributed by atoms with Gasteiger partial charge in [0.2, 0.25) is 0 Å². The lowest BCUT2D eigenvalue weighted by molar-refractivity contribution is 0.0901. The summed E-state index contributed by atoms with van der Waals surface area (Å²) in [7, 11) is 0. The number of aryl methyl sites for hydroxylation is 1. The van der Waals surface area contributed by atoms with Gasteiger partial charge in [0.1, 0.15) is 0 Å². The summed E-state index contributed by atoms with van der Waals surface area (Å²) in [4.78, 5) is 11.7. The van der Waals surface area contributed by atoms with Crippen molar-refractivity contribution in [1.29, 1.82) is 0 Å². The third-order valence-electron chi connectivity index (χ3n) is 2.74. The summed E-state index contributed by atoms with van der Waals surface area (Å²) < 4.78 is 0. The van der Waals surface area contributed by atoms with E-state index in [0.717, 1.165) is 24.0 Å². The molecule has 82 valence electrons. The third-order valence-corrected chi connectivity index (χ3v) is 3.60. The van der Waals surface area contributed by atoms with Crippen LogP contribution in [0.5, 0.6) is 0 Å². The smallest absolute Gasteiger partial charge is 0.252 e. The lowest BCUT2D eigenvalue weighted by atomic mass is 10.2. The van der Waals surface area contributed by atoms with E-state index in [9.17, 15) is 9.90 Å². The molecule has 1 aromatic heterocycles. The Morgan fingerprint density at radius 1 is 1.67 bits per heavy atom. The van der Waals surface area contributed by atoms with Crippen molar-refractivity contribution < 1.29 is 9.90 Å². The summed E-state index contributed by atoms with van der Waals surface area (Å²) >= 11 is 1.52.